The normalized spacial score (nSPS) is 12.6. The molecule has 3 aromatic rings. The number of hydrogen-bond donors (Lipinski definition) is 0. The molecule has 0 atom stereocenters. The van der Waals surface area contributed by atoms with Gasteiger partial charge in [0.05, 0.1) is 16.7 Å². The SMILES string of the molecule is CCN(CC)S(=O)(=O)c1ccc(C(=O)N=c2sc3c(C)ccc(OC)c3n2CC)cc1. The summed E-state index contributed by atoms with van der Waals surface area (Å²) in [6, 6.07) is 9.84. The lowest BCUT2D eigenvalue weighted by atomic mass is 10.2. The standard InChI is InChI=1S/C22H27N3O4S2/c1-6-24(7-2)31(27,28)17-12-10-16(11-13-17)21(26)23-22-25(8-3)19-18(29-5)14-9-15(4)20(19)30-22/h9-14H,6-8H2,1-5H3. The number of methoxy groups -OCH3 is 1. The zero-order valence-electron chi connectivity index (χ0n) is 18.4. The van der Waals surface area contributed by atoms with Crippen LogP contribution in [0.2, 0.25) is 0 Å². The molecule has 9 heteroatoms. The van der Waals surface area contributed by atoms with Crippen molar-refractivity contribution in [2.24, 2.45) is 4.99 Å². The summed E-state index contributed by atoms with van der Waals surface area (Å²) in [5, 5.41) is 0. The van der Waals surface area contributed by atoms with Crippen LogP contribution >= 0.6 is 11.3 Å². The van der Waals surface area contributed by atoms with Gasteiger partial charge in [-0.15, -0.1) is 0 Å². The van der Waals surface area contributed by atoms with E-state index in [0.29, 0.717) is 30.0 Å². The Morgan fingerprint density at radius 1 is 1.10 bits per heavy atom. The van der Waals surface area contributed by atoms with Gasteiger partial charge in [-0.05, 0) is 49.7 Å². The van der Waals surface area contributed by atoms with Crippen molar-refractivity contribution in [3.63, 3.8) is 0 Å². The van der Waals surface area contributed by atoms with Crippen LogP contribution in [-0.2, 0) is 16.6 Å². The molecule has 0 aliphatic rings. The number of nitrogens with zero attached hydrogens (tertiary/aromatic N) is 3. The van der Waals surface area contributed by atoms with Gasteiger partial charge in [-0.2, -0.15) is 9.30 Å². The van der Waals surface area contributed by atoms with Crippen molar-refractivity contribution in [2.45, 2.75) is 39.1 Å². The predicted octanol–water partition coefficient (Wildman–Crippen LogP) is 3.81. The van der Waals surface area contributed by atoms with Gasteiger partial charge < -0.3 is 9.30 Å². The second-order valence-corrected chi connectivity index (χ2v) is 9.84. The number of fused-ring (bicyclic) bond motifs is 1. The average molecular weight is 462 g/mol. The summed E-state index contributed by atoms with van der Waals surface area (Å²) in [4.78, 5) is 17.9. The number of thiazole rings is 1. The molecule has 0 fully saturated rings. The number of sulfonamides is 1. The smallest absolute Gasteiger partial charge is 0.279 e. The number of amides is 1. The van der Waals surface area contributed by atoms with Gasteiger partial charge in [0.15, 0.2) is 4.80 Å². The first-order valence-electron chi connectivity index (χ1n) is 10.1. The second kappa shape index (κ2) is 9.33. The molecule has 0 aliphatic heterocycles. The molecule has 1 aromatic heterocycles. The summed E-state index contributed by atoms with van der Waals surface area (Å²) >= 11 is 1.44. The summed E-state index contributed by atoms with van der Waals surface area (Å²) in [7, 11) is -1.94. The molecular formula is C22H27N3O4S2. The molecule has 7 nitrogen and oxygen atoms in total. The number of aromatic nitrogens is 1. The molecule has 0 bridgehead atoms. The van der Waals surface area contributed by atoms with Gasteiger partial charge in [0.1, 0.15) is 11.3 Å². The van der Waals surface area contributed by atoms with Crippen LogP contribution in [0, 0.1) is 6.92 Å². The number of rotatable bonds is 7. The molecule has 31 heavy (non-hydrogen) atoms. The molecular weight excluding hydrogens is 434 g/mol. The Hall–Kier alpha value is -2.49. The minimum Gasteiger partial charge on any atom is -0.495 e. The highest BCUT2D eigenvalue weighted by Crippen LogP contribution is 2.30. The average Bonchev–Trinajstić information content (AvgIpc) is 3.13. The largest absolute Gasteiger partial charge is 0.495 e. The van der Waals surface area contributed by atoms with Gasteiger partial charge in [-0.1, -0.05) is 31.3 Å². The fourth-order valence-corrected chi connectivity index (χ4v) is 6.09. The molecule has 0 N–H and O–H groups in total. The van der Waals surface area contributed by atoms with E-state index < -0.39 is 15.9 Å². The molecule has 0 spiro atoms. The summed E-state index contributed by atoms with van der Waals surface area (Å²) in [6.07, 6.45) is 0. The highest BCUT2D eigenvalue weighted by atomic mass is 32.2. The number of benzene rings is 2. The highest BCUT2D eigenvalue weighted by Gasteiger charge is 2.22. The van der Waals surface area contributed by atoms with E-state index in [2.05, 4.69) is 4.99 Å². The van der Waals surface area contributed by atoms with E-state index in [4.69, 9.17) is 4.74 Å². The number of aryl methyl sites for hydroxylation is 2. The van der Waals surface area contributed by atoms with Crippen LogP contribution in [0.15, 0.2) is 46.3 Å². The third kappa shape index (κ3) is 4.30. The Morgan fingerprint density at radius 2 is 1.74 bits per heavy atom. The summed E-state index contributed by atoms with van der Waals surface area (Å²) < 4.78 is 35.2. The van der Waals surface area contributed by atoms with Crippen molar-refractivity contribution in [2.75, 3.05) is 20.2 Å². The Labute approximate surface area is 186 Å². The van der Waals surface area contributed by atoms with Gasteiger partial charge in [0.2, 0.25) is 10.0 Å². The van der Waals surface area contributed by atoms with Crippen molar-refractivity contribution >= 4 is 37.5 Å². The topological polar surface area (TPSA) is 81.0 Å². The first-order chi connectivity index (χ1) is 14.8. The molecule has 0 saturated heterocycles. The fourth-order valence-electron chi connectivity index (χ4n) is 3.46. The number of hydrogen-bond acceptors (Lipinski definition) is 5. The van der Waals surface area contributed by atoms with Crippen molar-refractivity contribution in [3.05, 3.63) is 52.3 Å². The molecule has 0 radical (unpaired) electrons. The number of carbonyl (C=O) groups excluding carboxylic acids is 1. The lowest BCUT2D eigenvalue weighted by molar-refractivity contribution is 0.0997. The maximum absolute atomic E-state index is 12.8. The van der Waals surface area contributed by atoms with Gasteiger partial charge in [-0.3, -0.25) is 4.79 Å². The molecule has 1 heterocycles. The molecule has 2 aromatic carbocycles. The number of ether oxygens (including phenoxy) is 1. The Bertz CT molecular complexity index is 1270. The monoisotopic (exact) mass is 461 g/mol. The van der Waals surface area contributed by atoms with Crippen LogP contribution in [0.1, 0.15) is 36.7 Å². The highest BCUT2D eigenvalue weighted by molar-refractivity contribution is 7.89. The van der Waals surface area contributed by atoms with Crippen molar-refractivity contribution in [1.29, 1.82) is 0 Å². The molecule has 0 saturated carbocycles. The minimum absolute atomic E-state index is 0.165. The first kappa shape index (κ1) is 23.2. The predicted molar refractivity (Wildman–Crippen MR) is 123 cm³/mol. The maximum atomic E-state index is 12.8. The fraction of sp³-hybridized carbons (Fsp3) is 0.364. The third-order valence-corrected chi connectivity index (χ3v) is 8.44. The van der Waals surface area contributed by atoms with Crippen LogP contribution in [0.3, 0.4) is 0 Å². The van der Waals surface area contributed by atoms with Crippen LogP contribution in [0.5, 0.6) is 5.75 Å². The van der Waals surface area contributed by atoms with Crippen LogP contribution in [-0.4, -0.2) is 43.4 Å². The molecule has 0 unspecified atom stereocenters. The molecule has 0 aliphatic carbocycles. The van der Waals surface area contributed by atoms with Gasteiger partial charge in [0.25, 0.3) is 5.91 Å². The first-order valence-corrected chi connectivity index (χ1v) is 12.4. The van der Waals surface area contributed by atoms with Gasteiger partial charge in [0, 0.05) is 25.2 Å². The van der Waals surface area contributed by atoms with Crippen LogP contribution in [0.4, 0.5) is 0 Å². The molecule has 166 valence electrons. The zero-order chi connectivity index (χ0) is 22.8. The van der Waals surface area contributed by atoms with Crippen LogP contribution in [0.25, 0.3) is 10.2 Å². The van der Waals surface area contributed by atoms with Gasteiger partial charge >= 0.3 is 0 Å². The Balaban J connectivity index is 2.03. The van der Waals surface area contributed by atoms with E-state index in [1.54, 1.807) is 21.0 Å². The van der Waals surface area contributed by atoms with E-state index >= 15 is 0 Å². The van der Waals surface area contributed by atoms with E-state index in [1.807, 2.05) is 30.5 Å². The third-order valence-electron chi connectivity index (χ3n) is 5.16. The van der Waals surface area contributed by atoms with E-state index in [-0.39, 0.29) is 4.90 Å². The van der Waals surface area contributed by atoms with Crippen molar-refractivity contribution in [3.8, 4) is 5.75 Å². The lowest BCUT2D eigenvalue weighted by Gasteiger charge is -2.18. The van der Waals surface area contributed by atoms with Crippen molar-refractivity contribution in [1.82, 2.24) is 8.87 Å². The van der Waals surface area contributed by atoms with Gasteiger partial charge in [-0.25, -0.2) is 8.42 Å². The summed E-state index contributed by atoms with van der Waals surface area (Å²) in [6.45, 7) is 9.00. The maximum Gasteiger partial charge on any atom is 0.279 e. The van der Waals surface area contributed by atoms with E-state index in [9.17, 15) is 13.2 Å². The second-order valence-electron chi connectivity index (χ2n) is 6.92. The summed E-state index contributed by atoms with van der Waals surface area (Å²) in [5.41, 5.74) is 2.34. The minimum atomic E-state index is -3.57. The molecule has 3 rings (SSSR count). The number of carbonyl (C=O) groups is 1. The van der Waals surface area contributed by atoms with E-state index in [1.165, 1.54) is 39.9 Å². The Morgan fingerprint density at radius 3 is 2.29 bits per heavy atom. The quantitative estimate of drug-likeness (QED) is 0.536. The van der Waals surface area contributed by atoms with Crippen LogP contribution < -0.4 is 9.54 Å². The summed E-state index contributed by atoms with van der Waals surface area (Å²) in [5.74, 6) is 0.315. The molecule has 1 amide bonds. The Kier molecular flexibility index (Phi) is 6.98. The zero-order valence-corrected chi connectivity index (χ0v) is 20.0. The van der Waals surface area contributed by atoms with Crippen molar-refractivity contribution < 1.29 is 17.9 Å². The lowest BCUT2D eigenvalue weighted by Crippen LogP contribution is -2.30. The van der Waals surface area contributed by atoms with E-state index in [0.717, 1.165) is 21.5 Å².